The summed E-state index contributed by atoms with van der Waals surface area (Å²) in [5.41, 5.74) is 7.53. The minimum absolute atomic E-state index is 0.258. The molecular weight excluding hydrogens is 374 g/mol. The van der Waals surface area contributed by atoms with Crippen molar-refractivity contribution < 1.29 is 14.3 Å². The summed E-state index contributed by atoms with van der Waals surface area (Å²) in [6, 6.07) is 16.1. The fraction of sp³-hybridized carbons (Fsp3) is 0.190. The number of benzene rings is 2. The van der Waals surface area contributed by atoms with E-state index in [1.165, 1.54) is 11.3 Å². The first-order chi connectivity index (χ1) is 13.6. The molecule has 3 rings (SSSR count). The number of amides is 2. The lowest BCUT2D eigenvalue weighted by Gasteiger charge is -2.14. The summed E-state index contributed by atoms with van der Waals surface area (Å²) in [6.07, 6.45) is 0.331. The first-order valence-electron chi connectivity index (χ1n) is 8.89. The molecule has 1 aromatic heterocycles. The zero-order valence-corrected chi connectivity index (χ0v) is 16.2. The van der Waals surface area contributed by atoms with Crippen LogP contribution < -0.4 is 15.8 Å². The predicted molar refractivity (Wildman–Crippen MR) is 109 cm³/mol. The molecule has 3 aromatic rings. The number of hydrogen-bond acceptors (Lipinski definition) is 5. The smallest absolute Gasteiger partial charge is 0.271 e. The quantitative estimate of drug-likeness (QED) is 0.613. The molecule has 0 aliphatic carbocycles. The highest BCUT2D eigenvalue weighted by molar-refractivity contribution is 7.13. The van der Waals surface area contributed by atoms with Crippen LogP contribution in [0.4, 0.5) is 0 Å². The Bertz CT molecular complexity index is 939. The number of aromatic nitrogens is 1. The van der Waals surface area contributed by atoms with Gasteiger partial charge < -0.3 is 15.8 Å². The molecule has 3 N–H and O–H groups in total. The van der Waals surface area contributed by atoms with Gasteiger partial charge in [-0.2, -0.15) is 0 Å². The van der Waals surface area contributed by atoms with Gasteiger partial charge in [0.05, 0.1) is 6.61 Å². The monoisotopic (exact) mass is 395 g/mol. The van der Waals surface area contributed by atoms with E-state index in [1.807, 2.05) is 61.5 Å². The predicted octanol–water partition coefficient (Wildman–Crippen LogP) is 3.04. The number of thiazole rings is 1. The lowest BCUT2D eigenvalue weighted by Crippen LogP contribution is -2.45. The zero-order chi connectivity index (χ0) is 19.9. The molecule has 1 unspecified atom stereocenters. The van der Waals surface area contributed by atoms with Crippen molar-refractivity contribution in [1.82, 2.24) is 10.3 Å². The SMILES string of the molecule is CCOc1ccc(-c2nc(C(=O)NC(Cc3ccccc3)C(N)=O)cs2)cc1. The Morgan fingerprint density at radius 2 is 1.86 bits per heavy atom. The lowest BCUT2D eigenvalue weighted by molar-refractivity contribution is -0.119. The normalized spacial score (nSPS) is 11.6. The third kappa shape index (κ3) is 4.95. The highest BCUT2D eigenvalue weighted by atomic mass is 32.1. The molecule has 0 aliphatic heterocycles. The van der Waals surface area contributed by atoms with E-state index in [2.05, 4.69) is 10.3 Å². The van der Waals surface area contributed by atoms with Crippen LogP contribution in [-0.2, 0) is 11.2 Å². The molecule has 7 heteroatoms. The average Bonchev–Trinajstić information content (AvgIpc) is 3.19. The first kappa shape index (κ1) is 19.6. The van der Waals surface area contributed by atoms with Gasteiger partial charge in [0, 0.05) is 17.4 Å². The van der Waals surface area contributed by atoms with Crippen molar-refractivity contribution in [2.75, 3.05) is 6.61 Å². The minimum Gasteiger partial charge on any atom is -0.494 e. The Kier molecular flexibility index (Phi) is 6.39. The van der Waals surface area contributed by atoms with Crippen LogP contribution >= 0.6 is 11.3 Å². The number of nitrogens with two attached hydrogens (primary N) is 1. The van der Waals surface area contributed by atoms with Gasteiger partial charge in [0.25, 0.3) is 5.91 Å². The topological polar surface area (TPSA) is 94.3 Å². The summed E-state index contributed by atoms with van der Waals surface area (Å²) in [5.74, 6) is -0.224. The third-order valence-corrected chi connectivity index (χ3v) is 4.97. The van der Waals surface area contributed by atoms with Gasteiger partial charge >= 0.3 is 0 Å². The summed E-state index contributed by atoms with van der Waals surface area (Å²) < 4.78 is 5.43. The second kappa shape index (κ2) is 9.14. The standard InChI is InChI=1S/C21H21N3O3S/c1-2-27-16-10-8-15(9-11-16)21-24-18(13-28-21)20(26)23-17(19(22)25)12-14-6-4-3-5-7-14/h3-11,13,17H,2,12H2,1H3,(H2,22,25)(H,23,26). The number of carbonyl (C=O) groups excluding carboxylic acids is 2. The van der Waals surface area contributed by atoms with E-state index < -0.39 is 17.9 Å². The maximum Gasteiger partial charge on any atom is 0.271 e. The van der Waals surface area contributed by atoms with Crippen LogP contribution in [0.1, 0.15) is 23.0 Å². The molecule has 0 saturated carbocycles. The van der Waals surface area contributed by atoms with E-state index in [-0.39, 0.29) is 5.69 Å². The van der Waals surface area contributed by atoms with Crippen molar-refractivity contribution in [3.63, 3.8) is 0 Å². The summed E-state index contributed by atoms with van der Waals surface area (Å²) in [7, 11) is 0. The summed E-state index contributed by atoms with van der Waals surface area (Å²) in [6.45, 7) is 2.53. The van der Waals surface area contributed by atoms with E-state index in [9.17, 15) is 9.59 Å². The van der Waals surface area contributed by atoms with Gasteiger partial charge in [-0.25, -0.2) is 4.98 Å². The van der Waals surface area contributed by atoms with E-state index >= 15 is 0 Å². The molecule has 2 amide bonds. The number of ether oxygens (including phenoxy) is 1. The van der Waals surface area contributed by atoms with Crippen molar-refractivity contribution >= 4 is 23.2 Å². The molecule has 0 radical (unpaired) electrons. The van der Waals surface area contributed by atoms with Crippen molar-refractivity contribution in [2.45, 2.75) is 19.4 Å². The first-order valence-corrected chi connectivity index (χ1v) is 9.77. The fourth-order valence-electron chi connectivity index (χ4n) is 2.68. The molecule has 144 valence electrons. The Hall–Kier alpha value is -3.19. The molecule has 0 bridgehead atoms. The number of rotatable bonds is 8. The van der Waals surface area contributed by atoms with Gasteiger partial charge in [-0.3, -0.25) is 9.59 Å². The largest absolute Gasteiger partial charge is 0.494 e. The molecular formula is C21H21N3O3S. The molecule has 28 heavy (non-hydrogen) atoms. The van der Waals surface area contributed by atoms with Gasteiger partial charge in [-0.05, 0) is 36.8 Å². The van der Waals surface area contributed by atoms with Gasteiger partial charge in [0.1, 0.15) is 22.5 Å². The molecule has 0 saturated heterocycles. The summed E-state index contributed by atoms with van der Waals surface area (Å²) in [4.78, 5) is 28.7. The summed E-state index contributed by atoms with van der Waals surface area (Å²) in [5, 5.41) is 5.07. The zero-order valence-electron chi connectivity index (χ0n) is 15.4. The van der Waals surface area contributed by atoms with Crippen molar-refractivity contribution in [3.8, 4) is 16.3 Å². The summed E-state index contributed by atoms with van der Waals surface area (Å²) >= 11 is 1.36. The highest BCUT2D eigenvalue weighted by Crippen LogP contribution is 2.25. The second-order valence-corrected chi connectivity index (χ2v) is 6.97. The molecule has 0 fully saturated rings. The average molecular weight is 395 g/mol. The van der Waals surface area contributed by atoms with Crippen LogP contribution in [-0.4, -0.2) is 29.4 Å². The van der Waals surface area contributed by atoms with Crippen molar-refractivity contribution in [1.29, 1.82) is 0 Å². The van der Waals surface area contributed by atoms with Gasteiger partial charge in [-0.15, -0.1) is 11.3 Å². The van der Waals surface area contributed by atoms with Crippen molar-refractivity contribution in [3.05, 3.63) is 71.2 Å². The van der Waals surface area contributed by atoms with Crippen LogP contribution in [0.25, 0.3) is 10.6 Å². The molecule has 0 aliphatic rings. The number of nitrogens with zero attached hydrogens (tertiary/aromatic N) is 1. The van der Waals surface area contributed by atoms with Crippen LogP contribution in [0.5, 0.6) is 5.75 Å². The van der Waals surface area contributed by atoms with Crippen LogP contribution in [0.2, 0.25) is 0 Å². The Morgan fingerprint density at radius 1 is 1.14 bits per heavy atom. The molecule has 1 atom stereocenters. The molecule has 2 aromatic carbocycles. The minimum atomic E-state index is -0.800. The third-order valence-electron chi connectivity index (χ3n) is 4.08. The Balaban J connectivity index is 1.69. The van der Waals surface area contributed by atoms with Crippen LogP contribution in [0, 0.1) is 0 Å². The lowest BCUT2D eigenvalue weighted by atomic mass is 10.1. The second-order valence-electron chi connectivity index (χ2n) is 6.11. The molecule has 0 spiro atoms. The number of nitrogens with one attached hydrogen (secondary N) is 1. The van der Waals surface area contributed by atoms with E-state index in [0.29, 0.717) is 18.0 Å². The Morgan fingerprint density at radius 3 is 2.50 bits per heavy atom. The molecule has 6 nitrogen and oxygen atoms in total. The highest BCUT2D eigenvalue weighted by Gasteiger charge is 2.21. The van der Waals surface area contributed by atoms with Gasteiger partial charge in [0.15, 0.2) is 0 Å². The molecule has 1 heterocycles. The van der Waals surface area contributed by atoms with E-state index in [4.69, 9.17) is 10.5 Å². The maximum absolute atomic E-state index is 12.5. The van der Waals surface area contributed by atoms with Crippen LogP contribution in [0.15, 0.2) is 60.0 Å². The van der Waals surface area contributed by atoms with Crippen LogP contribution in [0.3, 0.4) is 0 Å². The maximum atomic E-state index is 12.5. The van der Waals surface area contributed by atoms with E-state index in [0.717, 1.165) is 16.9 Å². The van der Waals surface area contributed by atoms with Crippen molar-refractivity contribution in [2.24, 2.45) is 5.73 Å². The van der Waals surface area contributed by atoms with Gasteiger partial charge in [-0.1, -0.05) is 30.3 Å². The number of hydrogen-bond donors (Lipinski definition) is 2. The Labute approximate surface area is 167 Å². The fourth-order valence-corrected chi connectivity index (χ4v) is 3.48. The van der Waals surface area contributed by atoms with Gasteiger partial charge in [0.2, 0.25) is 5.91 Å². The number of primary amides is 1. The number of carbonyl (C=O) groups is 2. The van der Waals surface area contributed by atoms with E-state index in [1.54, 1.807) is 5.38 Å².